The van der Waals surface area contributed by atoms with E-state index < -0.39 is 35.6 Å². The van der Waals surface area contributed by atoms with Crippen molar-refractivity contribution in [2.75, 3.05) is 0 Å². The molecule has 2 aliphatic heterocycles. The molecule has 0 aliphatic carbocycles. The third kappa shape index (κ3) is 3.87. The number of nitrogens with zero attached hydrogens (tertiary/aromatic N) is 2. The Kier molecular flexibility index (Phi) is 5.04. The van der Waals surface area contributed by atoms with Crippen LogP contribution in [0.1, 0.15) is 46.4 Å². The summed E-state index contributed by atoms with van der Waals surface area (Å²) in [4.78, 5) is 80.1. The lowest BCUT2D eigenvalue weighted by atomic mass is 10.1. The number of benzene rings is 1. The fourth-order valence-corrected chi connectivity index (χ4v) is 2.91. The molecular formula is C16H11BrN2O8. The Labute approximate surface area is 160 Å². The monoisotopic (exact) mass is 438 g/mol. The van der Waals surface area contributed by atoms with Crippen LogP contribution in [0.4, 0.5) is 0 Å². The minimum absolute atomic E-state index is 0.0555. The molecule has 3 rings (SSSR count). The third-order valence-electron chi connectivity index (χ3n) is 3.73. The van der Waals surface area contributed by atoms with E-state index in [1.165, 1.54) is 12.1 Å². The van der Waals surface area contributed by atoms with Crippen LogP contribution in [0, 0.1) is 0 Å². The Morgan fingerprint density at radius 1 is 0.704 bits per heavy atom. The Balaban J connectivity index is 1.77. The highest BCUT2D eigenvalue weighted by Crippen LogP contribution is 2.21. The number of carbonyl (C=O) groups excluding carboxylic acids is 6. The molecule has 2 fully saturated rings. The average molecular weight is 439 g/mol. The zero-order valence-corrected chi connectivity index (χ0v) is 15.2. The van der Waals surface area contributed by atoms with E-state index in [0.717, 1.165) is 6.07 Å². The van der Waals surface area contributed by atoms with Gasteiger partial charge >= 0.3 is 11.9 Å². The van der Waals surface area contributed by atoms with E-state index in [0.29, 0.717) is 14.6 Å². The number of amides is 4. The van der Waals surface area contributed by atoms with Crippen molar-refractivity contribution < 1.29 is 38.4 Å². The van der Waals surface area contributed by atoms with Gasteiger partial charge in [-0.1, -0.05) is 15.9 Å². The Morgan fingerprint density at radius 2 is 1.04 bits per heavy atom. The van der Waals surface area contributed by atoms with Gasteiger partial charge < -0.3 is 9.68 Å². The quantitative estimate of drug-likeness (QED) is 0.633. The van der Waals surface area contributed by atoms with Gasteiger partial charge in [-0.05, 0) is 18.2 Å². The van der Waals surface area contributed by atoms with E-state index in [4.69, 9.17) is 9.68 Å². The van der Waals surface area contributed by atoms with Gasteiger partial charge in [-0.25, -0.2) is 9.59 Å². The number of hydrogen-bond acceptors (Lipinski definition) is 8. The standard InChI is InChI=1S/C16H11BrN2O8/c17-10-6-8(15(24)26-18-11(20)1-2-12(18)21)5-9(7-10)16(25)27-19-13(22)3-4-14(19)23/h5-7H,1-4H2. The second kappa shape index (κ2) is 7.27. The highest BCUT2D eigenvalue weighted by Gasteiger charge is 2.35. The maximum Gasteiger partial charge on any atom is 0.363 e. The molecule has 2 heterocycles. The fourth-order valence-electron chi connectivity index (χ4n) is 2.41. The van der Waals surface area contributed by atoms with Gasteiger partial charge in [0, 0.05) is 30.2 Å². The van der Waals surface area contributed by atoms with Crippen LogP contribution < -0.4 is 0 Å². The summed E-state index contributed by atoms with van der Waals surface area (Å²) in [6, 6.07) is 3.69. The van der Waals surface area contributed by atoms with Crippen molar-refractivity contribution in [1.29, 1.82) is 0 Å². The molecule has 11 heteroatoms. The molecule has 1 aromatic rings. The molecule has 140 valence electrons. The Bertz CT molecular complexity index is 796. The first kappa shape index (κ1) is 18.7. The van der Waals surface area contributed by atoms with Gasteiger partial charge in [0.1, 0.15) is 0 Å². The van der Waals surface area contributed by atoms with Crippen LogP contribution in [0.3, 0.4) is 0 Å². The first-order valence-electron chi connectivity index (χ1n) is 7.73. The zero-order valence-electron chi connectivity index (χ0n) is 13.6. The molecule has 0 saturated carbocycles. The topological polar surface area (TPSA) is 127 Å². The van der Waals surface area contributed by atoms with Crippen LogP contribution in [0.5, 0.6) is 0 Å². The molecule has 0 unspecified atom stereocenters. The fraction of sp³-hybridized carbons (Fsp3) is 0.250. The molecule has 2 aliphatic rings. The lowest BCUT2D eigenvalue weighted by molar-refractivity contribution is -0.173. The highest BCUT2D eigenvalue weighted by molar-refractivity contribution is 9.10. The van der Waals surface area contributed by atoms with E-state index in [1.807, 2.05) is 0 Å². The predicted molar refractivity (Wildman–Crippen MR) is 87.1 cm³/mol. The average Bonchev–Trinajstić information content (AvgIpc) is 3.11. The third-order valence-corrected chi connectivity index (χ3v) is 4.19. The molecule has 2 saturated heterocycles. The maximum absolute atomic E-state index is 12.2. The Hall–Kier alpha value is -3.08. The van der Waals surface area contributed by atoms with Crippen LogP contribution in [-0.2, 0) is 28.9 Å². The van der Waals surface area contributed by atoms with Crippen LogP contribution >= 0.6 is 15.9 Å². The number of imide groups is 2. The summed E-state index contributed by atoms with van der Waals surface area (Å²) in [7, 11) is 0. The lowest BCUT2D eigenvalue weighted by Gasteiger charge is -2.14. The number of rotatable bonds is 4. The molecule has 4 amide bonds. The predicted octanol–water partition coefficient (Wildman–Crippen LogP) is 0.891. The van der Waals surface area contributed by atoms with E-state index in [1.54, 1.807) is 0 Å². The van der Waals surface area contributed by atoms with Gasteiger partial charge in [0.15, 0.2) is 0 Å². The summed E-state index contributed by atoms with van der Waals surface area (Å²) in [6.45, 7) is 0. The van der Waals surface area contributed by atoms with Crippen LogP contribution in [0.2, 0.25) is 0 Å². The van der Waals surface area contributed by atoms with Gasteiger partial charge in [-0.15, -0.1) is 10.1 Å². The summed E-state index contributed by atoms with van der Waals surface area (Å²) in [6.07, 6.45) is -0.222. The molecule has 0 bridgehead atoms. The van der Waals surface area contributed by atoms with Gasteiger partial charge in [-0.3, -0.25) is 19.2 Å². The van der Waals surface area contributed by atoms with Crippen molar-refractivity contribution in [3.63, 3.8) is 0 Å². The van der Waals surface area contributed by atoms with Crippen molar-refractivity contribution in [2.45, 2.75) is 25.7 Å². The second-order valence-corrected chi connectivity index (χ2v) is 6.57. The van der Waals surface area contributed by atoms with Crippen molar-refractivity contribution in [3.05, 3.63) is 33.8 Å². The molecular weight excluding hydrogens is 428 g/mol. The summed E-state index contributed by atoms with van der Waals surface area (Å²) in [5, 5.41) is 0.756. The lowest BCUT2D eigenvalue weighted by Crippen LogP contribution is -2.32. The maximum atomic E-state index is 12.2. The number of hydroxylamine groups is 4. The molecule has 0 atom stereocenters. The smallest absolute Gasteiger partial charge is 0.325 e. The van der Waals surface area contributed by atoms with Gasteiger partial charge in [0.25, 0.3) is 23.6 Å². The molecule has 27 heavy (non-hydrogen) atoms. The minimum atomic E-state index is -1.04. The molecule has 0 spiro atoms. The number of carbonyl (C=O) groups is 6. The summed E-state index contributed by atoms with van der Waals surface area (Å²) < 4.78 is 0.294. The Morgan fingerprint density at radius 3 is 1.37 bits per heavy atom. The summed E-state index contributed by atoms with van der Waals surface area (Å²) >= 11 is 3.11. The van der Waals surface area contributed by atoms with Crippen LogP contribution in [0.25, 0.3) is 0 Å². The second-order valence-electron chi connectivity index (χ2n) is 5.65. The van der Waals surface area contributed by atoms with E-state index in [2.05, 4.69) is 15.9 Å². The minimum Gasteiger partial charge on any atom is -0.325 e. The number of hydrogen-bond donors (Lipinski definition) is 0. The van der Waals surface area contributed by atoms with E-state index in [-0.39, 0.29) is 36.8 Å². The van der Waals surface area contributed by atoms with Crippen molar-refractivity contribution in [2.24, 2.45) is 0 Å². The molecule has 10 nitrogen and oxygen atoms in total. The number of halogens is 1. The van der Waals surface area contributed by atoms with Crippen molar-refractivity contribution >= 4 is 51.5 Å². The molecule has 1 aromatic carbocycles. The highest BCUT2D eigenvalue weighted by atomic mass is 79.9. The van der Waals surface area contributed by atoms with Gasteiger partial charge in [0.2, 0.25) is 0 Å². The van der Waals surface area contributed by atoms with Gasteiger partial charge in [0.05, 0.1) is 11.1 Å². The van der Waals surface area contributed by atoms with Crippen LogP contribution in [-0.4, -0.2) is 45.7 Å². The van der Waals surface area contributed by atoms with E-state index >= 15 is 0 Å². The first-order chi connectivity index (χ1) is 12.8. The molecule has 0 radical (unpaired) electrons. The first-order valence-corrected chi connectivity index (χ1v) is 8.52. The molecule has 0 aromatic heterocycles. The normalized spacial score (nSPS) is 16.9. The van der Waals surface area contributed by atoms with E-state index in [9.17, 15) is 28.8 Å². The van der Waals surface area contributed by atoms with Crippen LogP contribution in [0.15, 0.2) is 22.7 Å². The zero-order chi connectivity index (χ0) is 19.7. The summed E-state index contributed by atoms with van der Waals surface area (Å²) in [5.41, 5.74) is -0.300. The largest absolute Gasteiger partial charge is 0.363 e. The summed E-state index contributed by atoms with van der Waals surface area (Å²) in [5.74, 6) is -4.66. The van der Waals surface area contributed by atoms with Gasteiger partial charge in [-0.2, -0.15) is 0 Å². The SMILES string of the molecule is O=C(ON1C(=O)CCC1=O)c1cc(Br)cc(C(=O)ON2C(=O)CCC2=O)c1. The van der Waals surface area contributed by atoms with Crippen molar-refractivity contribution in [3.8, 4) is 0 Å². The van der Waals surface area contributed by atoms with Crippen molar-refractivity contribution in [1.82, 2.24) is 10.1 Å². The molecule has 0 N–H and O–H groups in total.